The van der Waals surface area contributed by atoms with E-state index in [1.807, 2.05) is 36.4 Å². The zero-order valence-corrected chi connectivity index (χ0v) is 18.0. The molecule has 0 bridgehead atoms. The maximum atomic E-state index is 12.8. The molecule has 5 nitrogen and oxygen atoms in total. The molecule has 1 atom stereocenters. The molecule has 0 aliphatic heterocycles. The molecule has 0 aliphatic carbocycles. The molecule has 3 aromatic carbocycles. The van der Waals surface area contributed by atoms with Crippen LogP contribution in [0.3, 0.4) is 0 Å². The molecule has 3 rings (SSSR count). The van der Waals surface area contributed by atoms with Gasteiger partial charge in [0.2, 0.25) is 0 Å². The van der Waals surface area contributed by atoms with Gasteiger partial charge in [-0.3, -0.25) is 4.79 Å². The molecule has 3 aromatic rings. The van der Waals surface area contributed by atoms with Crippen LogP contribution in [-0.2, 0) is 0 Å². The highest BCUT2D eigenvalue weighted by Crippen LogP contribution is 2.30. The van der Waals surface area contributed by atoms with E-state index in [1.165, 1.54) is 0 Å². The highest BCUT2D eigenvalue weighted by molar-refractivity contribution is 6.07. The minimum atomic E-state index is -4.30. The van der Waals surface area contributed by atoms with E-state index in [0.717, 1.165) is 11.1 Å². The number of alkyl halides is 3. The van der Waals surface area contributed by atoms with Crippen molar-refractivity contribution in [3.8, 4) is 11.1 Å². The number of nitrogens with two attached hydrogens (primary N) is 1. The largest absolute Gasteiger partial charge is 0.401 e. The van der Waals surface area contributed by atoms with Crippen molar-refractivity contribution >= 4 is 23.0 Å². The number of nitrogens with one attached hydrogen (secondary N) is 3. The molecule has 5 N–H and O–H groups in total. The fraction of sp³-hybridized carbons (Fsp3) is 0.200. The third-order valence-electron chi connectivity index (χ3n) is 5.03. The molecule has 0 spiro atoms. The number of amides is 1. The fourth-order valence-electron chi connectivity index (χ4n) is 3.34. The van der Waals surface area contributed by atoms with Crippen LogP contribution in [0.2, 0.25) is 0 Å². The third-order valence-corrected chi connectivity index (χ3v) is 5.03. The number of nitrogen functional groups attached to an aromatic ring is 1. The average Bonchev–Trinajstić information content (AvgIpc) is 2.78. The maximum absolute atomic E-state index is 12.8. The van der Waals surface area contributed by atoms with Crippen LogP contribution >= 0.6 is 0 Å². The average molecular weight is 454 g/mol. The van der Waals surface area contributed by atoms with Crippen LogP contribution in [0.25, 0.3) is 11.1 Å². The van der Waals surface area contributed by atoms with E-state index >= 15 is 0 Å². The van der Waals surface area contributed by atoms with E-state index in [-0.39, 0.29) is 18.0 Å². The summed E-state index contributed by atoms with van der Waals surface area (Å²) in [7, 11) is 0. The third kappa shape index (κ3) is 6.92. The Labute approximate surface area is 190 Å². The summed E-state index contributed by atoms with van der Waals surface area (Å²) in [5.74, 6) is -0.337. The van der Waals surface area contributed by atoms with Gasteiger partial charge in [-0.1, -0.05) is 48.5 Å². The second kappa shape index (κ2) is 10.3. The summed E-state index contributed by atoms with van der Waals surface area (Å²) >= 11 is 0. The summed E-state index contributed by atoms with van der Waals surface area (Å²) in [6.07, 6.45) is -4.17. The van der Waals surface area contributed by atoms with Gasteiger partial charge in [-0.2, -0.15) is 13.2 Å². The van der Waals surface area contributed by atoms with Gasteiger partial charge in [-0.05, 0) is 42.3 Å². The molecule has 0 aromatic heterocycles. The Hall–Kier alpha value is -3.65. The van der Waals surface area contributed by atoms with Crippen molar-refractivity contribution in [3.05, 3.63) is 83.9 Å². The van der Waals surface area contributed by atoms with E-state index in [4.69, 9.17) is 11.1 Å². The lowest BCUT2D eigenvalue weighted by Crippen LogP contribution is -2.36. The van der Waals surface area contributed by atoms with Crippen molar-refractivity contribution in [2.24, 2.45) is 0 Å². The standard InChI is InChI=1S/C25H25F3N4O/c1-16(31-15-25(26,27)28)13-22(30)18-7-9-19(10-8-18)24(33)32-23-14-20(29)11-12-21(23)17-5-3-2-4-6-17/h2-12,14,16,30-31H,13,15,29H2,1H3,(H,32,33)/t16-/m0/s1. The van der Waals surface area contributed by atoms with E-state index in [2.05, 4.69) is 10.6 Å². The van der Waals surface area contributed by atoms with Crippen molar-refractivity contribution in [2.45, 2.75) is 25.6 Å². The lowest BCUT2D eigenvalue weighted by Gasteiger charge is -2.16. The maximum Gasteiger partial charge on any atom is 0.401 e. The van der Waals surface area contributed by atoms with Crippen LogP contribution < -0.4 is 16.4 Å². The molecular weight excluding hydrogens is 429 g/mol. The molecule has 0 unspecified atom stereocenters. The SMILES string of the molecule is C[C@@H](CC(=N)c1ccc(C(=O)Nc2cc(N)ccc2-c2ccccc2)cc1)NCC(F)(F)F. The smallest absolute Gasteiger partial charge is 0.399 e. The van der Waals surface area contributed by atoms with Crippen LogP contribution in [0.1, 0.15) is 29.3 Å². The van der Waals surface area contributed by atoms with Crippen LogP contribution in [0.4, 0.5) is 24.5 Å². The quantitative estimate of drug-likeness (QED) is 0.268. The van der Waals surface area contributed by atoms with Crippen LogP contribution in [0.5, 0.6) is 0 Å². The van der Waals surface area contributed by atoms with Crippen molar-refractivity contribution in [1.29, 1.82) is 5.41 Å². The zero-order valence-electron chi connectivity index (χ0n) is 18.0. The summed E-state index contributed by atoms with van der Waals surface area (Å²) in [5, 5.41) is 13.4. The molecule has 0 saturated heterocycles. The van der Waals surface area contributed by atoms with Gasteiger partial charge in [0, 0.05) is 35.0 Å². The van der Waals surface area contributed by atoms with Gasteiger partial charge in [-0.15, -0.1) is 0 Å². The minimum absolute atomic E-state index is 0.130. The molecule has 33 heavy (non-hydrogen) atoms. The molecule has 0 radical (unpaired) electrons. The van der Waals surface area contributed by atoms with Gasteiger partial charge in [0.1, 0.15) is 0 Å². The Morgan fingerprint density at radius 2 is 1.64 bits per heavy atom. The molecule has 0 fully saturated rings. The second-order valence-corrected chi connectivity index (χ2v) is 7.78. The first-order valence-electron chi connectivity index (χ1n) is 10.4. The fourth-order valence-corrected chi connectivity index (χ4v) is 3.34. The predicted octanol–water partition coefficient (Wildman–Crippen LogP) is 5.49. The first kappa shape index (κ1) is 24.0. The van der Waals surface area contributed by atoms with Gasteiger partial charge in [0.15, 0.2) is 0 Å². The van der Waals surface area contributed by atoms with Gasteiger partial charge >= 0.3 is 6.18 Å². The lowest BCUT2D eigenvalue weighted by molar-refractivity contribution is -0.125. The Morgan fingerprint density at radius 3 is 2.27 bits per heavy atom. The first-order valence-corrected chi connectivity index (χ1v) is 10.4. The van der Waals surface area contributed by atoms with Gasteiger partial charge < -0.3 is 21.8 Å². The molecule has 0 heterocycles. The number of hydrogen-bond acceptors (Lipinski definition) is 4. The summed E-state index contributed by atoms with van der Waals surface area (Å²) in [4.78, 5) is 12.8. The monoisotopic (exact) mass is 454 g/mol. The predicted molar refractivity (Wildman–Crippen MR) is 126 cm³/mol. The second-order valence-electron chi connectivity index (χ2n) is 7.78. The number of hydrogen-bond donors (Lipinski definition) is 4. The van der Waals surface area contributed by atoms with E-state index in [0.29, 0.717) is 22.5 Å². The van der Waals surface area contributed by atoms with E-state index in [9.17, 15) is 18.0 Å². The van der Waals surface area contributed by atoms with Crippen molar-refractivity contribution in [3.63, 3.8) is 0 Å². The Kier molecular flexibility index (Phi) is 7.50. The lowest BCUT2D eigenvalue weighted by atomic mass is 10.0. The number of carbonyl (C=O) groups excluding carboxylic acids is 1. The molecule has 172 valence electrons. The van der Waals surface area contributed by atoms with Gasteiger partial charge in [0.25, 0.3) is 5.91 Å². The topological polar surface area (TPSA) is 91.0 Å². The normalized spacial score (nSPS) is 12.2. The number of carbonyl (C=O) groups is 1. The van der Waals surface area contributed by atoms with E-state index < -0.39 is 18.8 Å². The summed E-state index contributed by atoms with van der Waals surface area (Å²) < 4.78 is 37.0. The molecule has 0 saturated carbocycles. The van der Waals surface area contributed by atoms with Crippen LogP contribution in [0.15, 0.2) is 72.8 Å². The first-order chi connectivity index (χ1) is 15.6. The minimum Gasteiger partial charge on any atom is -0.399 e. The van der Waals surface area contributed by atoms with Crippen molar-refractivity contribution < 1.29 is 18.0 Å². The summed E-state index contributed by atoms with van der Waals surface area (Å²) in [6, 6.07) is 20.8. The number of rotatable bonds is 8. The Bertz CT molecular complexity index is 1110. The zero-order chi connectivity index (χ0) is 24.0. The molecular formula is C25H25F3N4O. The van der Waals surface area contributed by atoms with Crippen LogP contribution in [-0.4, -0.2) is 30.4 Å². The summed E-state index contributed by atoms with van der Waals surface area (Å²) in [6.45, 7) is 0.494. The van der Waals surface area contributed by atoms with Gasteiger partial charge in [0.05, 0.1) is 12.2 Å². The van der Waals surface area contributed by atoms with E-state index in [1.54, 1.807) is 43.3 Å². The molecule has 1 amide bonds. The number of benzene rings is 3. The molecule has 8 heteroatoms. The highest BCUT2D eigenvalue weighted by atomic mass is 19.4. The summed E-state index contributed by atoms with van der Waals surface area (Å²) in [5.41, 5.74) is 9.89. The van der Waals surface area contributed by atoms with Crippen molar-refractivity contribution in [2.75, 3.05) is 17.6 Å². The Balaban J connectivity index is 1.68. The number of halogens is 3. The van der Waals surface area contributed by atoms with Crippen LogP contribution in [0, 0.1) is 5.41 Å². The molecule has 0 aliphatic rings. The number of anilines is 2. The van der Waals surface area contributed by atoms with Crippen molar-refractivity contribution in [1.82, 2.24) is 5.32 Å². The highest BCUT2D eigenvalue weighted by Gasteiger charge is 2.27. The van der Waals surface area contributed by atoms with Gasteiger partial charge in [-0.25, -0.2) is 0 Å². The Morgan fingerprint density at radius 1 is 1.00 bits per heavy atom.